The van der Waals surface area contributed by atoms with E-state index in [4.69, 9.17) is 9.15 Å². The number of fused-ring (bicyclic) bond motifs is 14. The number of ether oxygens (including phenoxy) is 1. The molecule has 2 aliphatic rings. The fourth-order valence-electron chi connectivity index (χ4n) is 11.1. The van der Waals surface area contributed by atoms with Gasteiger partial charge < -0.3 is 9.15 Å². The maximum absolute atomic E-state index is 6.71. The van der Waals surface area contributed by atoms with Gasteiger partial charge in [0.1, 0.15) is 22.7 Å². The van der Waals surface area contributed by atoms with Crippen molar-refractivity contribution in [2.45, 2.75) is 24.2 Å². The molecule has 1 atom stereocenters. The summed E-state index contributed by atoms with van der Waals surface area (Å²) in [4.78, 5) is 0. The molecule has 64 heavy (non-hydrogen) atoms. The molecule has 2 heterocycles. The van der Waals surface area contributed by atoms with Crippen LogP contribution in [0.3, 0.4) is 0 Å². The van der Waals surface area contributed by atoms with Crippen LogP contribution in [0.15, 0.2) is 229 Å². The van der Waals surface area contributed by atoms with Crippen molar-refractivity contribution in [3.05, 3.63) is 263 Å². The molecule has 302 valence electrons. The molecular weight excluding hydrogens is 777 g/mol. The summed E-state index contributed by atoms with van der Waals surface area (Å²) in [6.07, 6.45) is 1.78. The van der Waals surface area contributed by atoms with E-state index in [1.54, 1.807) is 0 Å². The monoisotopic (exact) mass is 818 g/mol. The highest BCUT2D eigenvalue weighted by atomic mass is 16.5. The number of furan rings is 1. The number of benzene rings is 10. The minimum atomic E-state index is -0.540. The van der Waals surface area contributed by atoms with Gasteiger partial charge >= 0.3 is 0 Å². The molecule has 0 amide bonds. The molecule has 1 spiro atoms. The van der Waals surface area contributed by atoms with Crippen LogP contribution in [0.4, 0.5) is 0 Å². The first-order valence-corrected chi connectivity index (χ1v) is 22.4. The molecule has 13 rings (SSSR count). The zero-order valence-electron chi connectivity index (χ0n) is 35.2. The Labute approximate surface area is 372 Å². The largest absolute Gasteiger partial charge is 0.457 e. The molecule has 11 aromatic rings. The molecule has 2 heteroatoms. The lowest BCUT2D eigenvalue weighted by Crippen LogP contribution is -2.32. The summed E-state index contributed by atoms with van der Waals surface area (Å²) in [5, 5.41) is 4.83. The summed E-state index contributed by atoms with van der Waals surface area (Å²) >= 11 is 0. The summed E-state index contributed by atoms with van der Waals surface area (Å²) in [6.45, 7) is 0. The first-order chi connectivity index (χ1) is 31.7. The van der Waals surface area contributed by atoms with E-state index >= 15 is 0 Å². The quantitative estimate of drug-likeness (QED) is 0.160. The van der Waals surface area contributed by atoms with Crippen molar-refractivity contribution in [1.82, 2.24) is 0 Å². The lowest BCUT2D eigenvalue weighted by molar-refractivity contribution is 0.436. The molecule has 1 aliphatic heterocycles. The lowest BCUT2D eigenvalue weighted by atomic mass is 9.65. The molecule has 0 fully saturated rings. The van der Waals surface area contributed by atoms with Crippen LogP contribution in [0.1, 0.15) is 44.9 Å². The highest BCUT2D eigenvalue weighted by molar-refractivity contribution is 6.09. The Balaban J connectivity index is 0.934. The van der Waals surface area contributed by atoms with Gasteiger partial charge in [-0.1, -0.05) is 206 Å². The van der Waals surface area contributed by atoms with Crippen LogP contribution in [0.25, 0.3) is 66.1 Å². The minimum absolute atomic E-state index is 0.224. The third-order valence-corrected chi connectivity index (χ3v) is 14.0. The normalized spacial score (nSPS) is 13.6. The standard InChI is InChI=1S/C62H42O2/c1-2-13-42(14-3-1)43-30-32-44(33-31-43)47(37-40-25-28-46(29-26-40)49-18-12-19-51-50-17-6-9-22-57(50)64-61(49)51)38-41-27-35-52-56(39-41)62(55-36-34-45-15-4-5-16-48(45)60(52)55)53-20-7-10-23-58(53)63-59-24-11-8-21-54(59)62/h1-36,39,47H,37-38H2. The number of para-hydroxylation sites is 4. The lowest BCUT2D eigenvalue weighted by Gasteiger charge is -2.39. The van der Waals surface area contributed by atoms with Crippen molar-refractivity contribution in [3.8, 4) is 44.9 Å². The Bertz CT molecular complexity index is 3530. The van der Waals surface area contributed by atoms with E-state index in [2.05, 4.69) is 218 Å². The Kier molecular flexibility index (Phi) is 8.36. The Morgan fingerprint density at radius 2 is 1.02 bits per heavy atom. The second-order valence-corrected chi connectivity index (χ2v) is 17.5. The van der Waals surface area contributed by atoms with Crippen LogP contribution in [0.5, 0.6) is 11.5 Å². The van der Waals surface area contributed by atoms with E-state index < -0.39 is 5.41 Å². The van der Waals surface area contributed by atoms with Crippen LogP contribution in [0.2, 0.25) is 0 Å². The van der Waals surface area contributed by atoms with Gasteiger partial charge in [-0.25, -0.2) is 0 Å². The van der Waals surface area contributed by atoms with Crippen molar-refractivity contribution >= 4 is 32.7 Å². The van der Waals surface area contributed by atoms with Crippen molar-refractivity contribution in [2.24, 2.45) is 0 Å². The number of rotatable bonds is 7. The van der Waals surface area contributed by atoms with Crippen LogP contribution < -0.4 is 4.74 Å². The van der Waals surface area contributed by atoms with Crippen molar-refractivity contribution < 1.29 is 9.15 Å². The van der Waals surface area contributed by atoms with E-state index in [1.165, 1.54) is 72.0 Å². The van der Waals surface area contributed by atoms with Crippen molar-refractivity contribution in [1.29, 1.82) is 0 Å². The average molecular weight is 819 g/mol. The number of hydrogen-bond acceptors (Lipinski definition) is 2. The van der Waals surface area contributed by atoms with Gasteiger partial charge in [0.05, 0.1) is 5.41 Å². The van der Waals surface area contributed by atoms with E-state index in [0.717, 1.165) is 57.4 Å². The SMILES string of the molecule is c1ccc(-c2ccc(C(Cc3ccc(-c4cccc5c4oc4ccccc45)cc3)Cc3ccc4c(c3)C3(c5ccccc5Oc5ccccc53)c3ccc5ccccc5c3-4)cc2)cc1. The van der Waals surface area contributed by atoms with Crippen LogP contribution in [0, 0.1) is 0 Å². The van der Waals surface area contributed by atoms with Crippen LogP contribution >= 0.6 is 0 Å². The second kappa shape index (κ2) is 14.6. The van der Waals surface area contributed by atoms with Gasteiger partial charge in [0.2, 0.25) is 0 Å². The average Bonchev–Trinajstić information content (AvgIpc) is 3.88. The maximum Gasteiger partial charge on any atom is 0.143 e. The molecule has 1 aliphatic carbocycles. The summed E-state index contributed by atoms with van der Waals surface area (Å²) in [5.41, 5.74) is 17.6. The molecule has 1 aromatic heterocycles. The first kappa shape index (κ1) is 36.7. The molecule has 10 aromatic carbocycles. The summed E-state index contributed by atoms with van der Waals surface area (Å²) in [6, 6.07) is 82.1. The Morgan fingerprint density at radius 3 is 1.81 bits per heavy atom. The molecule has 0 bridgehead atoms. The van der Waals surface area contributed by atoms with Crippen molar-refractivity contribution in [2.75, 3.05) is 0 Å². The van der Waals surface area contributed by atoms with Gasteiger partial charge in [-0.3, -0.25) is 0 Å². The van der Waals surface area contributed by atoms with Gasteiger partial charge in [0.25, 0.3) is 0 Å². The Hall–Kier alpha value is -7.94. The fraction of sp³-hybridized carbons (Fsp3) is 0.0645. The predicted octanol–water partition coefficient (Wildman–Crippen LogP) is 16.1. The van der Waals surface area contributed by atoms with Gasteiger partial charge in [0, 0.05) is 27.5 Å². The topological polar surface area (TPSA) is 22.4 Å². The molecule has 1 unspecified atom stereocenters. The van der Waals surface area contributed by atoms with Gasteiger partial charge in [0.15, 0.2) is 0 Å². The summed E-state index contributed by atoms with van der Waals surface area (Å²) < 4.78 is 13.2. The smallest absolute Gasteiger partial charge is 0.143 e. The second-order valence-electron chi connectivity index (χ2n) is 17.5. The fourth-order valence-corrected chi connectivity index (χ4v) is 11.1. The highest BCUT2D eigenvalue weighted by Crippen LogP contribution is 2.63. The third kappa shape index (κ3) is 5.65. The van der Waals surface area contributed by atoms with E-state index in [9.17, 15) is 0 Å². The third-order valence-electron chi connectivity index (χ3n) is 14.0. The molecule has 0 N–H and O–H groups in total. The maximum atomic E-state index is 6.71. The zero-order valence-corrected chi connectivity index (χ0v) is 35.2. The van der Waals surface area contributed by atoms with Gasteiger partial charge in [-0.05, 0) is 103 Å². The first-order valence-electron chi connectivity index (χ1n) is 22.4. The molecule has 0 saturated heterocycles. The van der Waals surface area contributed by atoms with Gasteiger partial charge in [-0.2, -0.15) is 0 Å². The van der Waals surface area contributed by atoms with E-state index in [0.29, 0.717) is 0 Å². The van der Waals surface area contributed by atoms with E-state index in [1.807, 2.05) is 6.07 Å². The minimum Gasteiger partial charge on any atom is -0.457 e. The highest BCUT2D eigenvalue weighted by Gasteiger charge is 2.51. The van der Waals surface area contributed by atoms with E-state index in [-0.39, 0.29) is 5.92 Å². The molecule has 2 nitrogen and oxygen atoms in total. The van der Waals surface area contributed by atoms with Crippen LogP contribution in [-0.4, -0.2) is 0 Å². The summed E-state index contributed by atoms with van der Waals surface area (Å²) in [7, 11) is 0. The van der Waals surface area contributed by atoms with Crippen LogP contribution in [-0.2, 0) is 18.3 Å². The molecule has 0 saturated carbocycles. The number of hydrogen-bond donors (Lipinski definition) is 0. The molecular formula is C62H42O2. The zero-order chi connectivity index (χ0) is 42.2. The summed E-state index contributed by atoms with van der Waals surface area (Å²) in [5.74, 6) is 2.05. The van der Waals surface area contributed by atoms with Gasteiger partial charge in [-0.15, -0.1) is 0 Å². The Morgan fingerprint density at radius 1 is 0.391 bits per heavy atom. The molecule has 0 radical (unpaired) electrons. The van der Waals surface area contributed by atoms with Crippen molar-refractivity contribution in [3.63, 3.8) is 0 Å². The predicted molar refractivity (Wildman–Crippen MR) is 263 cm³/mol.